The molecule has 1 atom stereocenters. The molecule has 8 heteroatoms. The van der Waals surface area contributed by atoms with E-state index in [9.17, 15) is 0 Å². The van der Waals surface area contributed by atoms with Gasteiger partial charge in [-0.2, -0.15) is 0 Å². The highest BCUT2D eigenvalue weighted by Crippen LogP contribution is 2.26. The fourth-order valence-corrected chi connectivity index (χ4v) is 4.04. The van der Waals surface area contributed by atoms with Crippen molar-refractivity contribution in [1.82, 2.24) is 20.0 Å². The van der Waals surface area contributed by atoms with Crippen molar-refractivity contribution in [2.75, 3.05) is 77.9 Å². The second-order valence-electron chi connectivity index (χ2n) is 7.52. The fourth-order valence-electron chi connectivity index (χ4n) is 3.78. The van der Waals surface area contributed by atoms with Gasteiger partial charge in [0.25, 0.3) is 0 Å². The van der Waals surface area contributed by atoms with E-state index in [-0.39, 0.29) is 24.0 Å². The Hall–Kier alpha value is -0.770. The van der Waals surface area contributed by atoms with Crippen LogP contribution in [-0.2, 0) is 0 Å². The van der Waals surface area contributed by atoms with Crippen LogP contribution in [0.25, 0.3) is 0 Å². The number of rotatable bonds is 4. The molecule has 1 N–H and O–H groups in total. The molecule has 0 bridgehead atoms. The van der Waals surface area contributed by atoms with Crippen molar-refractivity contribution >= 4 is 47.2 Å². The Bertz CT molecular complexity index is 635. The zero-order valence-corrected chi connectivity index (χ0v) is 20.4. The normalized spacial score (nSPS) is 22.1. The second-order valence-corrected chi connectivity index (χ2v) is 7.92. The Balaban J connectivity index is 0.00000280. The Labute approximate surface area is 191 Å². The number of nitrogens with one attached hydrogen (secondary N) is 1. The minimum atomic E-state index is 0. The van der Waals surface area contributed by atoms with Gasteiger partial charge in [-0.05, 0) is 33.2 Å². The fraction of sp³-hybridized carbons (Fsp3) is 0.650. The molecule has 158 valence electrons. The zero-order chi connectivity index (χ0) is 19.2. The van der Waals surface area contributed by atoms with Crippen molar-refractivity contribution in [1.29, 1.82) is 0 Å². The topological polar surface area (TPSA) is 37.4 Å². The van der Waals surface area contributed by atoms with E-state index in [1.165, 1.54) is 0 Å². The van der Waals surface area contributed by atoms with Crippen molar-refractivity contribution in [2.24, 2.45) is 4.99 Å². The van der Waals surface area contributed by atoms with Gasteiger partial charge in [-0.3, -0.25) is 9.89 Å². The molecule has 1 aromatic rings. The maximum absolute atomic E-state index is 6.37. The third-order valence-electron chi connectivity index (χ3n) is 5.54. The summed E-state index contributed by atoms with van der Waals surface area (Å²) in [4.78, 5) is 14.6. The van der Waals surface area contributed by atoms with E-state index in [4.69, 9.17) is 16.6 Å². The zero-order valence-electron chi connectivity index (χ0n) is 17.3. The molecule has 2 heterocycles. The summed E-state index contributed by atoms with van der Waals surface area (Å²) in [7, 11) is 4.41. The Kier molecular flexibility index (Phi) is 9.59. The highest BCUT2D eigenvalue weighted by Gasteiger charge is 2.24. The van der Waals surface area contributed by atoms with Crippen LogP contribution < -0.4 is 10.2 Å². The molecule has 1 aromatic carbocycles. The molecular formula is C20H34ClIN6. The Morgan fingerprint density at radius 3 is 2.50 bits per heavy atom. The van der Waals surface area contributed by atoms with Crippen molar-refractivity contribution in [2.45, 2.75) is 13.0 Å². The van der Waals surface area contributed by atoms with Crippen LogP contribution in [0.5, 0.6) is 0 Å². The molecule has 0 spiro atoms. The van der Waals surface area contributed by atoms with Gasteiger partial charge in [0.1, 0.15) is 0 Å². The minimum absolute atomic E-state index is 0. The summed E-state index contributed by atoms with van der Waals surface area (Å²) >= 11 is 6.37. The number of hydrogen-bond acceptors (Lipinski definition) is 4. The largest absolute Gasteiger partial charge is 0.367 e. The summed E-state index contributed by atoms with van der Waals surface area (Å²) in [5, 5.41) is 4.31. The van der Waals surface area contributed by atoms with Crippen LogP contribution in [0.4, 0.5) is 5.69 Å². The van der Waals surface area contributed by atoms with Crippen LogP contribution in [0.1, 0.15) is 6.92 Å². The van der Waals surface area contributed by atoms with Crippen LogP contribution >= 0.6 is 35.6 Å². The number of benzene rings is 1. The minimum Gasteiger partial charge on any atom is -0.367 e. The van der Waals surface area contributed by atoms with E-state index in [0.29, 0.717) is 6.04 Å². The van der Waals surface area contributed by atoms with Crippen LogP contribution in [0.3, 0.4) is 0 Å². The summed E-state index contributed by atoms with van der Waals surface area (Å²) < 4.78 is 0. The van der Waals surface area contributed by atoms with Crippen LogP contribution in [0.2, 0.25) is 5.02 Å². The van der Waals surface area contributed by atoms with E-state index in [2.05, 4.69) is 58.1 Å². The van der Waals surface area contributed by atoms with Gasteiger partial charge in [0.2, 0.25) is 0 Å². The molecule has 3 rings (SSSR count). The number of aliphatic imine (C=N–C) groups is 1. The molecule has 0 aliphatic carbocycles. The first-order valence-corrected chi connectivity index (χ1v) is 10.4. The number of anilines is 1. The number of piperazine rings is 2. The second kappa shape index (κ2) is 11.4. The highest BCUT2D eigenvalue weighted by atomic mass is 127. The lowest BCUT2D eigenvalue weighted by Crippen LogP contribution is -2.54. The molecule has 0 saturated carbocycles. The lowest BCUT2D eigenvalue weighted by molar-refractivity contribution is 0.119. The SMILES string of the molecule is CCNC(=NCC1CN(C)CCN1C)N1CCN(c2ccccc2Cl)CC1.I. The van der Waals surface area contributed by atoms with E-state index in [0.717, 1.165) is 75.6 Å². The quantitative estimate of drug-likeness (QED) is 0.375. The van der Waals surface area contributed by atoms with E-state index < -0.39 is 0 Å². The van der Waals surface area contributed by atoms with Crippen LogP contribution in [-0.4, -0.2) is 99.7 Å². The third kappa shape index (κ3) is 6.11. The van der Waals surface area contributed by atoms with Gasteiger partial charge in [-0.15, -0.1) is 24.0 Å². The number of halogens is 2. The average molecular weight is 521 g/mol. The maximum atomic E-state index is 6.37. The van der Waals surface area contributed by atoms with Gasteiger partial charge >= 0.3 is 0 Å². The predicted molar refractivity (Wildman–Crippen MR) is 131 cm³/mol. The van der Waals surface area contributed by atoms with Crippen molar-refractivity contribution in [3.8, 4) is 0 Å². The average Bonchev–Trinajstić information content (AvgIpc) is 2.68. The Morgan fingerprint density at radius 2 is 1.82 bits per heavy atom. The smallest absolute Gasteiger partial charge is 0.194 e. The van der Waals surface area contributed by atoms with Crippen molar-refractivity contribution < 1.29 is 0 Å². The monoisotopic (exact) mass is 520 g/mol. The van der Waals surface area contributed by atoms with E-state index in [1.807, 2.05) is 12.1 Å². The van der Waals surface area contributed by atoms with E-state index >= 15 is 0 Å². The molecule has 28 heavy (non-hydrogen) atoms. The lowest BCUT2D eigenvalue weighted by atomic mass is 10.2. The molecule has 2 aliphatic heterocycles. The van der Waals surface area contributed by atoms with Gasteiger partial charge in [0.05, 0.1) is 17.3 Å². The molecule has 6 nitrogen and oxygen atoms in total. The molecule has 2 fully saturated rings. The first kappa shape index (κ1) is 23.5. The third-order valence-corrected chi connectivity index (χ3v) is 5.86. The molecule has 2 saturated heterocycles. The molecule has 0 amide bonds. The van der Waals surface area contributed by atoms with Gasteiger partial charge in [-0.25, -0.2) is 0 Å². The van der Waals surface area contributed by atoms with Gasteiger partial charge in [0.15, 0.2) is 5.96 Å². The summed E-state index contributed by atoms with van der Waals surface area (Å²) in [5.74, 6) is 1.04. The number of nitrogens with zero attached hydrogens (tertiary/aromatic N) is 5. The van der Waals surface area contributed by atoms with Crippen molar-refractivity contribution in [3.05, 3.63) is 29.3 Å². The summed E-state index contributed by atoms with van der Waals surface area (Å²) in [6.45, 7) is 11.0. The standard InChI is InChI=1S/C20H33ClN6.HI/c1-4-22-20(23-15-17-16-24(2)9-10-25(17)3)27-13-11-26(12-14-27)19-8-6-5-7-18(19)21;/h5-8,17H,4,9-16H2,1-3H3,(H,22,23);1H. The molecule has 2 aliphatic rings. The van der Waals surface area contributed by atoms with Crippen LogP contribution in [0, 0.1) is 0 Å². The predicted octanol–water partition coefficient (Wildman–Crippen LogP) is 2.29. The summed E-state index contributed by atoms with van der Waals surface area (Å²) in [5.41, 5.74) is 1.13. The van der Waals surface area contributed by atoms with Gasteiger partial charge < -0.3 is 20.0 Å². The number of para-hydroxylation sites is 1. The number of hydrogen-bond donors (Lipinski definition) is 1. The lowest BCUT2D eigenvalue weighted by Gasteiger charge is -2.39. The van der Waals surface area contributed by atoms with E-state index in [1.54, 1.807) is 0 Å². The summed E-state index contributed by atoms with van der Waals surface area (Å²) in [6.07, 6.45) is 0. The van der Waals surface area contributed by atoms with Crippen LogP contribution in [0.15, 0.2) is 29.3 Å². The number of guanidine groups is 1. The summed E-state index contributed by atoms with van der Waals surface area (Å²) in [6, 6.07) is 8.59. The first-order valence-electron chi connectivity index (χ1n) is 10.00. The first-order chi connectivity index (χ1) is 13.1. The maximum Gasteiger partial charge on any atom is 0.194 e. The molecule has 0 radical (unpaired) electrons. The van der Waals surface area contributed by atoms with Gasteiger partial charge in [-0.1, -0.05) is 23.7 Å². The van der Waals surface area contributed by atoms with Gasteiger partial charge in [0, 0.05) is 58.4 Å². The van der Waals surface area contributed by atoms with Crippen molar-refractivity contribution in [3.63, 3.8) is 0 Å². The Morgan fingerprint density at radius 1 is 1.11 bits per heavy atom. The molecule has 0 aromatic heterocycles. The molecule has 1 unspecified atom stereocenters. The highest BCUT2D eigenvalue weighted by molar-refractivity contribution is 14.0. The molecular weight excluding hydrogens is 487 g/mol. The number of likely N-dealkylation sites (N-methyl/N-ethyl adjacent to an activating group) is 2.